The zero-order valence-electron chi connectivity index (χ0n) is 13.7. The van der Waals surface area contributed by atoms with E-state index in [2.05, 4.69) is 20.8 Å². The maximum absolute atomic E-state index is 12.2. The van der Waals surface area contributed by atoms with Crippen molar-refractivity contribution in [3.8, 4) is 0 Å². The number of benzene rings is 2. The molecule has 0 aliphatic rings. The van der Waals surface area contributed by atoms with Crippen molar-refractivity contribution < 1.29 is 14.3 Å². The van der Waals surface area contributed by atoms with Crippen LogP contribution in [-0.2, 0) is 10.2 Å². The summed E-state index contributed by atoms with van der Waals surface area (Å²) in [6.07, 6.45) is 0. The van der Waals surface area contributed by atoms with Gasteiger partial charge in [-0.15, -0.1) is 0 Å². The van der Waals surface area contributed by atoms with Gasteiger partial charge in [-0.2, -0.15) is 0 Å². The fraction of sp³-hybridized carbons (Fsp3) is 0.263. The number of esters is 1. The molecule has 5 heteroatoms. The molecule has 126 valence electrons. The van der Waals surface area contributed by atoms with Crippen LogP contribution in [-0.4, -0.2) is 18.4 Å². The Labute approximate surface area is 151 Å². The molecule has 0 radical (unpaired) electrons. The van der Waals surface area contributed by atoms with Gasteiger partial charge < -0.3 is 4.74 Å². The van der Waals surface area contributed by atoms with E-state index in [0.29, 0.717) is 5.56 Å². The summed E-state index contributed by atoms with van der Waals surface area (Å²) in [6, 6.07) is 12.0. The number of carbonyl (C=O) groups excluding carboxylic acids is 2. The van der Waals surface area contributed by atoms with E-state index in [0.717, 1.165) is 5.56 Å². The van der Waals surface area contributed by atoms with Gasteiger partial charge in [0, 0.05) is 5.56 Å². The number of hydrogen-bond acceptors (Lipinski definition) is 3. The minimum absolute atomic E-state index is 0.0113. The summed E-state index contributed by atoms with van der Waals surface area (Å²) < 4.78 is 5.05. The Hall–Kier alpha value is -1.84. The maximum Gasteiger partial charge on any atom is 0.340 e. The molecule has 2 aromatic carbocycles. The molecule has 0 aliphatic heterocycles. The first-order valence-corrected chi connectivity index (χ1v) is 8.20. The second kappa shape index (κ2) is 7.37. The Morgan fingerprint density at radius 3 is 2.21 bits per heavy atom. The van der Waals surface area contributed by atoms with Gasteiger partial charge in [0.05, 0.1) is 15.6 Å². The van der Waals surface area contributed by atoms with Gasteiger partial charge in [0.15, 0.2) is 12.4 Å². The third-order valence-electron chi connectivity index (χ3n) is 3.58. The summed E-state index contributed by atoms with van der Waals surface area (Å²) in [5.41, 5.74) is 1.77. The topological polar surface area (TPSA) is 43.4 Å². The van der Waals surface area contributed by atoms with Crippen molar-refractivity contribution in [2.75, 3.05) is 6.61 Å². The third-order valence-corrected chi connectivity index (χ3v) is 4.40. The lowest BCUT2D eigenvalue weighted by molar-refractivity contribution is 0.0475. The van der Waals surface area contributed by atoms with Crippen LogP contribution in [0, 0.1) is 0 Å². The van der Waals surface area contributed by atoms with Gasteiger partial charge in [0.25, 0.3) is 0 Å². The van der Waals surface area contributed by atoms with Crippen LogP contribution >= 0.6 is 23.2 Å². The minimum Gasteiger partial charge on any atom is -0.454 e. The minimum atomic E-state index is -0.679. The molecule has 0 amide bonds. The molecule has 3 nitrogen and oxygen atoms in total. The average Bonchev–Trinajstić information content (AvgIpc) is 2.54. The molecule has 0 N–H and O–H groups in total. The molecule has 0 aliphatic carbocycles. The van der Waals surface area contributed by atoms with Gasteiger partial charge in [0.2, 0.25) is 0 Å². The largest absolute Gasteiger partial charge is 0.454 e. The molecule has 2 rings (SSSR count). The molecule has 0 aromatic heterocycles. The first-order chi connectivity index (χ1) is 11.2. The van der Waals surface area contributed by atoms with E-state index in [9.17, 15) is 9.59 Å². The normalized spacial score (nSPS) is 11.2. The Morgan fingerprint density at radius 2 is 1.62 bits per heavy atom. The first kappa shape index (κ1) is 18.5. The molecule has 0 fully saturated rings. The third kappa shape index (κ3) is 4.37. The average molecular weight is 365 g/mol. The maximum atomic E-state index is 12.2. The standard InChI is InChI=1S/C19H18Cl2O3/c1-19(2,3)13-9-7-12(8-10-13)16(22)11-24-18(23)14-5-4-6-15(20)17(14)21/h4-10H,11H2,1-3H3. The molecular weight excluding hydrogens is 347 g/mol. The van der Waals surface area contributed by atoms with E-state index in [4.69, 9.17) is 27.9 Å². The fourth-order valence-electron chi connectivity index (χ4n) is 2.11. The lowest BCUT2D eigenvalue weighted by Crippen LogP contribution is -2.15. The molecule has 0 heterocycles. The molecule has 2 aromatic rings. The number of rotatable bonds is 4. The first-order valence-electron chi connectivity index (χ1n) is 7.45. The van der Waals surface area contributed by atoms with Gasteiger partial charge >= 0.3 is 5.97 Å². The van der Waals surface area contributed by atoms with E-state index in [-0.39, 0.29) is 33.4 Å². The molecule has 24 heavy (non-hydrogen) atoms. The lowest BCUT2D eigenvalue weighted by Gasteiger charge is -2.18. The zero-order chi connectivity index (χ0) is 17.9. The predicted molar refractivity (Wildman–Crippen MR) is 96.2 cm³/mol. The number of halogens is 2. The molecule has 0 atom stereocenters. The van der Waals surface area contributed by atoms with E-state index in [1.165, 1.54) is 6.07 Å². The van der Waals surface area contributed by atoms with Crippen LogP contribution in [0.5, 0.6) is 0 Å². The highest BCUT2D eigenvalue weighted by Crippen LogP contribution is 2.26. The van der Waals surface area contributed by atoms with Crippen molar-refractivity contribution in [2.45, 2.75) is 26.2 Å². The number of hydrogen-bond donors (Lipinski definition) is 0. The second-order valence-corrected chi connectivity index (χ2v) is 7.21. The van der Waals surface area contributed by atoms with Crippen LogP contribution in [0.2, 0.25) is 10.0 Å². The fourth-order valence-corrected chi connectivity index (χ4v) is 2.49. The molecule has 0 spiro atoms. The van der Waals surface area contributed by atoms with E-state index in [1.54, 1.807) is 24.3 Å². The van der Waals surface area contributed by atoms with Gasteiger partial charge in [-0.05, 0) is 23.1 Å². The van der Waals surface area contributed by atoms with Gasteiger partial charge in [-0.1, -0.05) is 74.3 Å². The van der Waals surface area contributed by atoms with Gasteiger partial charge in [-0.25, -0.2) is 4.79 Å². The van der Waals surface area contributed by atoms with E-state index >= 15 is 0 Å². The summed E-state index contributed by atoms with van der Waals surface area (Å²) >= 11 is 11.8. The SMILES string of the molecule is CC(C)(C)c1ccc(C(=O)COC(=O)c2cccc(Cl)c2Cl)cc1. The monoisotopic (exact) mass is 364 g/mol. The number of carbonyl (C=O) groups is 2. The van der Waals surface area contributed by atoms with Crippen LogP contribution in [0.4, 0.5) is 0 Å². The molecule has 0 saturated heterocycles. The van der Waals surface area contributed by atoms with Crippen molar-refractivity contribution in [3.63, 3.8) is 0 Å². The number of ether oxygens (including phenoxy) is 1. The smallest absolute Gasteiger partial charge is 0.340 e. The van der Waals surface area contributed by atoms with Crippen LogP contribution in [0.3, 0.4) is 0 Å². The highest BCUT2D eigenvalue weighted by molar-refractivity contribution is 6.43. The van der Waals surface area contributed by atoms with E-state index in [1.807, 2.05) is 12.1 Å². The lowest BCUT2D eigenvalue weighted by atomic mass is 9.86. The Kier molecular flexibility index (Phi) is 5.68. The summed E-state index contributed by atoms with van der Waals surface area (Å²) in [5.74, 6) is -0.955. The highest BCUT2D eigenvalue weighted by Gasteiger charge is 2.17. The number of Topliss-reactive ketones (excluding diaryl/α,β-unsaturated/α-hetero) is 1. The number of ketones is 1. The summed E-state index contributed by atoms with van der Waals surface area (Å²) in [6.45, 7) is 5.94. The second-order valence-electron chi connectivity index (χ2n) is 6.43. The molecule has 0 unspecified atom stereocenters. The van der Waals surface area contributed by atoms with Crippen molar-refractivity contribution in [1.29, 1.82) is 0 Å². The summed E-state index contributed by atoms with van der Waals surface area (Å²) in [7, 11) is 0. The molecule has 0 saturated carbocycles. The van der Waals surface area contributed by atoms with Gasteiger partial charge in [-0.3, -0.25) is 4.79 Å². The van der Waals surface area contributed by atoms with Crippen molar-refractivity contribution in [2.24, 2.45) is 0 Å². The summed E-state index contributed by atoms with van der Waals surface area (Å²) in [5, 5.41) is 0.376. The highest BCUT2D eigenvalue weighted by atomic mass is 35.5. The van der Waals surface area contributed by atoms with Crippen LogP contribution < -0.4 is 0 Å². The predicted octanol–water partition coefficient (Wildman–Crippen LogP) is 5.33. The van der Waals surface area contributed by atoms with Crippen molar-refractivity contribution in [3.05, 3.63) is 69.2 Å². The Bertz CT molecular complexity index is 759. The van der Waals surface area contributed by atoms with Crippen molar-refractivity contribution >= 4 is 35.0 Å². The molecular formula is C19H18Cl2O3. The Balaban J connectivity index is 2.03. The van der Waals surface area contributed by atoms with E-state index < -0.39 is 5.97 Å². The van der Waals surface area contributed by atoms with Gasteiger partial charge in [0.1, 0.15) is 0 Å². The quantitative estimate of drug-likeness (QED) is 0.543. The van der Waals surface area contributed by atoms with Crippen LogP contribution in [0.25, 0.3) is 0 Å². The van der Waals surface area contributed by atoms with Crippen LogP contribution in [0.1, 0.15) is 47.1 Å². The van der Waals surface area contributed by atoms with Crippen LogP contribution in [0.15, 0.2) is 42.5 Å². The van der Waals surface area contributed by atoms with Crippen molar-refractivity contribution in [1.82, 2.24) is 0 Å². The Morgan fingerprint density at radius 1 is 1.00 bits per heavy atom. The molecule has 0 bridgehead atoms. The summed E-state index contributed by atoms with van der Waals surface area (Å²) in [4.78, 5) is 24.2. The zero-order valence-corrected chi connectivity index (χ0v) is 15.2.